The minimum atomic E-state index is 0.0856. The number of carbonyl (C=O) groups excluding carboxylic acids is 1. The van der Waals surface area contributed by atoms with Crippen LogP contribution in [0.5, 0.6) is 0 Å². The van der Waals surface area contributed by atoms with Gasteiger partial charge >= 0.3 is 0 Å². The van der Waals surface area contributed by atoms with Crippen molar-refractivity contribution in [2.24, 2.45) is 0 Å². The Morgan fingerprint density at radius 3 is 2.90 bits per heavy atom. The third-order valence-electron chi connectivity index (χ3n) is 0.865. The second kappa shape index (κ2) is 7.43. The van der Waals surface area contributed by atoms with Crippen LogP contribution in [-0.2, 0) is 9.53 Å². The molecule has 0 rings (SSSR count). The number of Topliss-reactive ketones (excluding diaryl/α,β-unsaturated/α-hetero) is 1. The van der Waals surface area contributed by atoms with Crippen molar-refractivity contribution in [2.75, 3.05) is 19.8 Å². The highest BCUT2D eigenvalue weighted by atomic mass is 127. The molecule has 0 unspecified atom stereocenters. The molecule has 0 aliphatic rings. The van der Waals surface area contributed by atoms with Crippen molar-refractivity contribution in [1.82, 2.24) is 3.53 Å². The smallest absolute Gasteiger partial charge is 0.155 e. The molecule has 1 N–H and O–H groups in total. The third-order valence-corrected chi connectivity index (χ3v) is 1.40. The molecule has 3 nitrogen and oxygen atoms in total. The topological polar surface area (TPSA) is 38.3 Å². The molecule has 0 fully saturated rings. The lowest BCUT2D eigenvalue weighted by molar-refractivity contribution is -0.121. The van der Waals surface area contributed by atoms with E-state index in [0.29, 0.717) is 6.61 Å². The van der Waals surface area contributed by atoms with Gasteiger partial charge in [-0.05, 0) is 13.3 Å². The van der Waals surface area contributed by atoms with Gasteiger partial charge in [0.25, 0.3) is 0 Å². The van der Waals surface area contributed by atoms with Crippen LogP contribution < -0.4 is 3.53 Å². The Labute approximate surface area is 75.0 Å². The van der Waals surface area contributed by atoms with Gasteiger partial charge in [0.05, 0.1) is 0 Å². The van der Waals surface area contributed by atoms with Crippen molar-refractivity contribution in [3.63, 3.8) is 0 Å². The largest absolute Gasteiger partial charge is 0.374 e. The molecule has 4 heteroatoms. The molecule has 0 saturated heterocycles. The Morgan fingerprint density at radius 1 is 1.70 bits per heavy atom. The van der Waals surface area contributed by atoms with Crippen LogP contribution in [0, 0.1) is 0 Å². The lowest BCUT2D eigenvalue weighted by Gasteiger charge is -1.99. The highest BCUT2D eigenvalue weighted by molar-refractivity contribution is 14.1. The summed E-state index contributed by atoms with van der Waals surface area (Å²) in [6.07, 6.45) is 0.955. The number of ketones is 1. The van der Waals surface area contributed by atoms with Crippen molar-refractivity contribution < 1.29 is 9.53 Å². The molecule has 0 saturated carbocycles. The van der Waals surface area contributed by atoms with E-state index >= 15 is 0 Å². The zero-order valence-electron chi connectivity index (χ0n) is 6.02. The molecule has 0 aliphatic heterocycles. The summed E-state index contributed by atoms with van der Waals surface area (Å²) >= 11 is 2.08. The predicted octanol–water partition coefficient (Wildman–Crippen LogP) is 0.922. The van der Waals surface area contributed by atoms with E-state index in [-0.39, 0.29) is 12.4 Å². The van der Waals surface area contributed by atoms with E-state index in [4.69, 9.17) is 4.74 Å². The summed E-state index contributed by atoms with van der Waals surface area (Å²) in [5, 5.41) is 0. The summed E-state index contributed by atoms with van der Waals surface area (Å²) in [4.78, 5) is 10.3. The second-order valence-electron chi connectivity index (χ2n) is 1.99. The van der Waals surface area contributed by atoms with Crippen molar-refractivity contribution in [1.29, 1.82) is 0 Å². The van der Waals surface area contributed by atoms with Crippen LogP contribution in [0.2, 0.25) is 0 Å². The molecular formula is C6H12INO2. The molecular weight excluding hydrogens is 245 g/mol. The van der Waals surface area contributed by atoms with Gasteiger partial charge in [-0.2, -0.15) is 0 Å². The minimum Gasteiger partial charge on any atom is -0.374 e. The maximum absolute atomic E-state index is 10.3. The first kappa shape index (κ1) is 10.3. The van der Waals surface area contributed by atoms with E-state index in [1.165, 1.54) is 6.92 Å². The second-order valence-corrected chi connectivity index (χ2v) is 2.75. The van der Waals surface area contributed by atoms with Gasteiger partial charge in [0.2, 0.25) is 0 Å². The Kier molecular flexibility index (Phi) is 7.66. The van der Waals surface area contributed by atoms with Gasteiger partial charge in [0.15, 0.2) is 5.78 Å². The molecule has 0 amide bonds. The Bertz CT molecular complexity index is 97.7. The Morgan fingerprint density at radius 2 is 2.40 bits per heavy atom. The SMILES string of the molecule is CC(=O)COCCCNI. The normalized spacial score (nSPS) is 9.80. The Hall–Kier alpha value is 0.320. The molecule has 0 aromatic rings. The standard InChI is InChI=1S/C6H12INO2/c1-6(9)5-10-4-2-3-8-7/h8H,2-5H2,1H3. The van der Waals surface area contributed by atoms with Crippen molar-refractivity contribution in [3.8, 4) is 0 Å². The van der Waals surface area contributed by atoms with Crippen LogP contribution in [0.15, 0.2) is 0 Å². The van der Waals surface area contributed by atoms with E-state index in [9.17, 15) is 4.79 Å². The first-order valence-electron chi connectivity index (χ1n) is 3.18. The van der Waals surface area contributed by atoms with Crippen LogP contribution >= 0.6 is 22.9 Å². The summed E-state index contributed by atoms with van der Waals surface area (Å²) in [5.74, 6) is 0.0856. The van der Waals surface area contributed by atoms with E-state index < -0.39 is 0 Å². The van der Waals surface area contributed by atoms with Crippen molar-refractivity contribution in [3.05, 3.63) is 0 Å². The molecule has 10 heavy (non-hydrogen) atoms. The molecule has 0 atom stereocenters. The van der Waals surface area contributed by atoms with Crippen LogP contribution in [-0.4, -0.2) is 25.5 Å². The molecule has 0 spiro atoms. The number of hydrogen-bond donors (Lipinski definition) is 1. The monoisotopic (exact) mass is 257 g/mol. The number of ether oxygens (including phenoxy) is 1. The van der Waals surface area contributed by atoms with Gasteiger partial charge in [-0.1, -0.05) is 0 Å². The maximum atomic E-state index is 10.3. The average molecular weight is 257 g/mol. The fraction of sp³-hybridized carbons (Fsp3) is 0.833. The van der Waals surface area contributed by atoms with E-state index in [1.807, 2.05) is 0 Å². The Balaban J connectivity index is 2.84. The highest BCUT2D eigenvalue weighted by Crippen LogP contribution is 1.82. The summed E-state index contributed by atoms with van der Waals surface area (Å²) in [6.45, 7) is 3.37. The highest BCUT2D eigenvalue weighted by Gasteiger charge is 1.91. The molecule has 0 radical (unpaired) electrons. The van der Waals surface area contributed by atoms with E-state index in [1.54, 1.807) is 0 Å². The van der Waals surface area contributed by atoms with Crippen LogP contribution in [0.3, 0.4) is 0 Å². The van der Waals surface area contributed by atoms with Gasteiger partial charge in [-0.25, -0.2) is 0 Å². The number of hydrogen-bond acceptors (Lipinski definition) is 3. The van der Waals surface area contributed by atoms with E-state index in [0.717, 1.165) is 13.0 Å². The minimum absolute atomic E-state index is 0.0856. The molecule has 0 bridgehead atoms. The van der Waals surface area contributed by atoms with Gasteiger partial charge in [0, 0.05) is 36.0 Å². The van der Waals surface area contributed by atoms with Crippen LogP contribution in [0.25, 0.3) is 0 Å². The van der Waals surface area contributed by atoms with Gasteiger partial charge in [0.1, 0.15) is 6.61 Å². The lowest BCUT2D eigenvalue weighted by atomic mass is 10.4. The number of carbonyl (C=O) groups is 1. The quantitative estimate of drug-likeness (QED) is 0.437. The lowest BCUT2D eigenvalue weighted by Crippen LogP contribution is -2.09. The number of rotatable bonds is 6. The molecule has 0 heterocycles. The maximum Gasteiger partial charge on any atom is 0.155 e. The van der Waals surface area contributed by atoms with Gasteiger partial charge < -0.3 is 4.74 Å². The summed E-state index contributed by atoms with van der Waals surface area (Å²) in [6, 6.07) is 0. The first-order chi connectivity index (χ1) is 4.77. The third kappa shape index (κ3) is 8.32. The molecule has 0 aromatic heterocycles. The molecule has 60 valence electrons. The fourth-order valence-corrected chi connectivity index (χ4v) is 0.838. The van der Waals surface area contributed by atoms with Gasteiger partial charge in [-0.15, -0.1) is 0 Å². The summed E-state index contributed by atoms with van der Waals surface area (Å²) in [7, 11) is 0. The van der Waals surface area contributed by atoms with Crippen LogP contribution in [0.1, 0.15) is 13.3 Å². The van der Waals surface area contributed by atoms with Gasteiger partial charge in [-0.3, -0.25) is 8.32 Å². The van der Waals surface area contributed by atoms with Crippen molar-refractivity contribution >= 4 is 28.6 Å². The predicted molar refractivity (Wildman–Crippen MR) is 48.1 cm³/mol. The van der Waals surface area contributed by atoms with E-state index in [2.05, 4.69) is 26.4 Å². The zero-order chi connectivity index (χ0) is 7.82. The molecule has 0 aliphatic carbocycles. The average Bonchev–Trinajstić information content (AvgIpc) is 1.87. The van der Waals surface area contributed by atoms with Crippen LogP contribution in [0.4, 0.5) is 0 Å². The van der Waals surface area contributed by atoms with Crippen molar-refractivity contribution in [2.45, 2.75) is 13.3 Å². The fourth-order valence-electron chi connectivity index (χ4n) is 0.457. The zero-order valence-corrected chi connectivity index (χ0v) is 8.18. The summed E-state index contributed by atoms with van der Waals surface area (Å²) < 4.78 is 7.97. The molecule has 0 aromatic carbocycles. The number of nitrogens with one attached hydrogen (secondary N) is 1. The summed E-state index contributed by atoms with van der Waals surface area (Å²) in [5.41, 5.74) is 0. The number of halogens is 1. The first-order valence-corrected chi connectivity index (χ1v) is 4.26.